The third-order valence-corrected chi connectivity index (χ3v) is 5.34. The average molecular weight is 397 g/mol. The highest BCUT2D eigenvalue weighted by molar-refractivity contribution is 6.30. The van der Waals surface area contributed by atoms with E-state index in [1.165, 1.54) is 0 Å². The van der Waals surface area contributed by atoms with Crippen LogP contribution in [0.4, 0.5) is 0 Å². The zero-order valence-corrected chi connectivity index (χ0v) is 16.2. The van der Waals surface area contributed by atoms with E-state index in [9.17, 15) is 4.79 Å². The van der Waals surface area contributed by atoms with Crippen molar-refractivity contribution in [1.29, 1.82) is 0 Å². The molecule has 144 valence electrons. The molecule has 1 aliphatic heterocycles. The number of aromatic nitrogens is 3. The number of nitrogens with zero attached hydrogens (tertiary/aromatic N) is 4. The van der Waals surface area contributed by atoms with E-state index >= 15 is 0 Å². The van der Waals surface area contributed by atoms with Gasteiger partial charge in [0, 0.05) is 42.5 Å². The largest absolute Gasteiger partial charge is 0.342 e. The highest BCUT2D eigenvalue weighted by Gasteiger charge is 2.24. The Bertz CT molecular complexity index is 919. The molecule has 2 aromatic heterocycles. The molecule has 1 fully saturated rings. The molecule has 1 aliphatic rings. The van der Waals surface area contributed by atoms with Crippen molar-refractivity contribution in [2.45, 2.75) is 25.7 Å². The smallest absolute Gasteiger partial charge is 0.227 e. The first-order valence-corrected chi connectivity index (χ1v) is 9.80. The number of halogens is 1. The summed E-state index contributed by atoms with van der Waals surface area (Å²) in [7, 11) is 0. The Morgan fingerprint density at radius 3 is 2.68 bits per heavy atom. The van der Waals surface area contributed by atoms with Crippen molar-refractivity contribution in [3.8, 4) is 11.4 Å². The fourth-order valence-corrected chi connectivity index (χ4v) is 3.60. The normalized spacial score (nSPS) is 15.0. The molecule has 1 saturated heterocycles. The summed E-state index contributed by atoms with van der Waals surface area (Å²) < 4.78 is 5.40. The summed E-state index contributed by atoms with van der Waals surface area (Å²) in [4.78, 5) is 23.0. The van der Waals surface area contributed by atoms with Crippen molar-refractivity contribution in [2.75, 3.05) is 13.1 Å². The quantitative estimate of drug-likeness (QED) is 0.655. The van der Waals surface area contributed by atoms with Gasteiger partial charge in [0.1, 0.15) is 0 Å². The van der Waals surface area contributed by atoms with E-state index in [1.807, 2.05) is 41.3 Å². The molecule has 0 atom stereocenters. The number of likely N-dealkylation sites (tertiary alicyclic amines) is 1. The van der Waals surface area contributed by atoms with Crippen LogP contribution in [0.1, 0.15) is 24.3 Å². The van der Waals surface area contributed by atoms with E-state index < -0.39 is 0 Å². The fourth-order valence-electron chi connectivity index (χ4n) is 3.47. The SMILES string of the molecule is O=C(Cc1ccc(Cl)cc1)N1CCC(Cc2nc(-c3cccnc3)no2)CC1. The Balaban J connectivity index is 1.28. The molecular weight excluding hydrogens is 376 g/mol. The van der Waals surface area contributed by atoms with E-state index in [0.717, 1.165) is 43.5 Å². The standard InChI is InChI=1S/C21H21ClN4O2/c22-18-5-3-15(4-6-18)13-20(27)26-10-7-16(8-11-26)12-19-24-21(25-28-19)17-2-1-9-23-14-17/h1-6,9,14,16H,7-8,10-13H2. The lowest BCUT2D eigenvalue weighted by molar-refractivity contribution is -0.131. The number of rotatable bonds is 5. The molecule has 0 saturated carbocycles. The highest BCUT2D eigenvalue weighted by Crippen LogP contribution is 2.23. The Kier molecular flexibility index (Phi) is 5.67. The van der Waals surface area contributed by atoms with Gasteiger partial charge in [-0.05, 0) is 48.6 Å². The second-order valence-electron chi connectivity index (χ2n) is 7.08. The van der Waals surface area contributed by atoms with Crippen LogP contribution in [0.5, 0.6) is 0 Å². The van der Waals surface area contributed by atoms with Gasteiger partial charge in [-0.25, -0.2) is 0 Å². The van der Waals surface area contributed by atoms with Crippen molar-refractivity contribution < 1.29 is 9.32 Å². The minimum absolute atomic E-state index is 0.164. The molecule has 7 heteroatoms. The molecule has 0 aliphatic carbocycles. The van der Waals surface area contributed by atoms with Crippen LogP contribution in [-0.2, 0) is 17.6 Å². The van der Waals surface area contributed by atoms with E-state index in [0.29, 0.717) is 29.1 Å². The first-order valence-electron chi connectivity index (χ1n) is 9.42. The third kappa shape index (κ3) is 4.57. The molecule has 1 aromatic carbocycles. The van der Waals surface area contributed by atoms with Crippen LogP contribution in [-0.4, -0.2) is 39.0 Å². The third-order valence-electron chi connectivity index (χ3n) is 5.09. The van der Waals surface area contributed by atoms with Gasteiger partial charge in [-0.15, -0.1) is 0 Å². The molecular formula is C21H21ClN4O2. The second-order valence-corrected chi connectivity index (χ2v) is 7.52. The van der Waals surface area contributed by atoms with Crippen molar-refractivity contribution in [3.05, 3.63) is 65.3 Å². The van der Waals surface area contributed by atoms with Gasteiger partial charge in [0.05, 0.1) is 6.42 Å². The minimum Gasteiger partial charge on any atom is -0.342 e. The number of carbonyl (C=O) groups is 1. The van der Waals surface area contributed by atoms with Crippen LogP contribution in [0.25, 0.3) is 11.4 Å². The van der Waals surface area contributed by atoms with Gasteiger partial charge in [0.2, 0.25) is 17.6 Å². The number of amides is 1. The first-order chi connectivity index (χ1) is 13.7. The van der Waals surface area contributed by atoms with Crippen LogP contribution in [0.3, 0.4) is 0 Å². The average Bonchev–Trinajstić information content (AvgIpc) is 3.19. The van der Waals surface area contributed by atoms with Gasteiger partial charge in [0.25, 0.3) is 0 Å². The molecule has 6 nitrogen and oxygen atoms in total. The van der Waals surface area contributed by atoms with Crippen LogP contribution in [0, 0.1) is 5.92 Å². The molecule has 0 bridgehead atoms. The molecule has 3 heterocycles. The molecule has 3 aromatic rings. The lowest BCUT2D eigenvalue weighted by atomic mass is 9.93. The number of piperidine rings is 1. The molecule has 4 rings (SSSR count). The summed E-state index contributed by atoms with van der Waals surface area (Å²) in [5, 5.41) is 4.73. The van der Waals surface area contributed by atoms with E-state index in [-0.39, 0.29) is 5.91 Å². The second kappa shape index (κ2) is 8.52. The maximum atomic E-state index is 12.5. The maximum absolute atomic E-state index is 12.5. The Morgan fingerprint density at radius 1 is 1.18 bits per heavy atom. The van der Waals surface area contributed by atoms with Crippen molar-refractivity contribution >= 4 is 17.5 Å². The summed E-state index contributed by atoms with van der Waals surface area (Å²) in [6.07, 6.45) is 6.48. The van der Waals surface area contributed by atoms with Crippen molar-refractivity contribution in [1.82, 2.24) is 20.0 Å². The Morgan fingerprint density at radius 2 is 1.96 bits per heavy atom. The van der Waals surface area contributed by atoms with E-state index in [1.54, 1.807) is 12.4 Å². The molecule has 0 radical (unpaired) electrons. The van der Waals surface area contributed by atoms with Gasteiger partial charge in [-0.3, -0.25) is 9.78 Å². The van der Waals surface area contributed by atoms with Crippen LogP contribution in [0.15, 0.2) is 53.3 Å². The predicted molar refractivity (Wildman–Crippen MR) is 106 cm³/mol. The molecule has 0 unspecified atom stereocenters. The van der Waals surface area contributed by atoms with Gasteiger partial charge in [-0.1, -0.05) is 28.9 Å². The van der Waals surface area contributed by atoms with Crippen molar-refractivity contribution in [3.63, 3.8) is 0 Å². The number of carbonyl (C=O) groups excluding carboxylic acids is 1. The summed E-state index contributed by atoms with van der Waals surface area (Å²) >= 11 is 5.90. The van der Waals surface area contributed by atoms with Crippen LogP contribution >= 0.6 is 11.6 Å². The lowest BCUT2D eigenvalue weighted by Gasteiger charge is -2.31. The van der Waals surface area contributed by atoms with E-state index in [4.69, 9.17) is 16.1 Å². The molecule has 1 amide bonds. The first kappa shape index (κ1) is 18.6. The number of pyridine rings is 1. The van der Waals surface area contributed by atoms with Gasteiger partial charge >= 0.3 is 0 Å². The maximum Gasteiger partial charge on any atom is 0.227 e. The summed E-state index contributed by atoms with van der Waals surface area (Å²) in [6, 6.07) is 11.2. The number of benzene rings is 1. The van der Waals surface area contributed by atoms with Gasteiger partial charge in [-0.2, -0.15) is 4.98 Å². The summed E-state index contributed by atoms with van der Waals surface area (Å²) in [5.74, 6) is 1.82. The fraction of sp³-hybridized carbons (Fsp3) is 0.333. The summed E-state index contributed by atoms with van der Waals surface area (Å²) in [6.45, 7) is 1.53. The Hall–Kier alpha value is -2.73. The highest BCUT2D eigenvalue weighted by atomic mass is 35.5. The van der Waals surface area contributed by atoms with Crippen LogP contribution < -0.4 is 0 Å². The van der Waals surface area contributed by atoms with E-state index in [2.05, 4.69) is 15.1 Å². The topological polar surface area (TPSA) is 72.1 Å². The lowest BCUT2D eigenvalue weighted by Crippen LogP contribution is -2.39. The van der Waals surface area contributed by atoms with Gasteiger partial charge in [0.15, 0.2) is 0 Å². The monoisotopic (exact) mass is 396 g/mol. The molecule has 28 heavy (non-hydrogen) atoms. The zero-order chi connectivity index (χ0) is 19.3. The van der Waals surface area contributed by atoms with Crippen molar-refractivity contribution in [2.24, 2.45) is 5.92 Å². The Labute approximate surface area is 168 Å². The molecule has 0 spiro atoms. The number of hydrogen-bond acceptors (Lipinski definition) is 5. The predicted octanol–water partition coefficient (Wildman–Crippen LogP) is 3.81. The molecule has 0 N–H and O–H groups in total. The zero-order valence-electron chi connectivity index (χ0n) is 15.4. The minimum atomic E-state index is 0.164. The van der Waals surface area contributed by atoms with Gasteiger partial charge < -0.3 is 9.42 Å². The number of hydrogen-bond donors (Lipinski definition) is 0. The summed E-state index contributed by atoms with van der Waals surface area (Å²) in [5.41, 5.74) is 1.84. The van der Waals surface area contributed by atoms with Crippen LogP contribution in [0.2, 0.25) is 5.02 Å².